The maximum Gasteiger partial charge on any atom is 0.317 e. The first kappa shape index (κ1) is 16.6. The first-order chi connectivity index (χ1) is 10.1. The molecule has 2 unspecified atom stereocenters. The van der Waals surface area contributed by atoms with Gasteiger partial charge in [-0.05, 0) is 65.5 Å². The Morgan fingerprint density at radius 1 is 1.14 bits per heavy atom. The predicted octanol–water partition coefficient (Wildman–Crippen LogP) is 1.81. The van der Waals surface area contributed by atoms with Crippen molar-refractivity contribution < 1.29 is 9.90 Å². The molecule has 0 radical (unpaired) electrons. The molecule has 21 heavy (non-hydrogen) atoms. The van der Waals surface area contributed by atoms with Crippen molar-refractivity contribution in [2.24, 2.45) is 0 Å². The molecule has 2 saturated carbocycles. The van der Waals surface area contributed by atoms with Crippen molar-refractivity contribution >= 4 is 6.03 Å². The monoisotopic (exact) mass is 297 g/mol. The van der Waals surface area contributed by atoms with Gasteiger partial charge in [-0.15, -0.1) is 0 Å². The number of carbonyl (C=O) groups is 1. The average molecular weight is 297 g/mol. The van der Waals surface area contributed by atoms with Gasteiger partial charge in [0.1, 0.15) is 0 Å². The van der Waals surface area contributed by atoms with Gasteiger partial charge in [-0.1, -0.05) is 0 Å². The van der Waals surface area contributed by atoms with Crippen LogP contribution in [0.2, 0.25) is 0 Å². The van der Waals surface area contributed by atoms with Crippen LogP contribution in [0.4, 0.5) is 4.79 Å². The number of nitrogens with zero attached hydrogens (tertiary/aromatic N) is 2. The van der Waals surface area contributed by atoms with E-state index in [0.29, 0.717) is 18.1 Å². The minimum atomic E-state index is 0.111. The van der Waals surface area contributed by atoms with Crippen molar-refractivity contribution in [2.75, 3.05) is 27.2 Å². The topological polar surface area (TPSA) is 55.8 Å². The average Bonchev–Trinajstić information content (AvgIpc) is 3.28. The van der Waals surface area contributed by atoms with Crippen LogP contribution < -0.4 is 5.32 Å². The predicted molar refractivity (Wildman–Crippen MR) is 84.3 cm³/mol. The van der Waals surface area contributed by atoms with Crippen LogP contribution in [-0.2, 0) is 0 Å². The molecule has 122 valence electrons. The van der Waals surface area contributed by atoms with E-state index in [0.717, 1.165) is 45.1 Å². The van der Waals surface area contributed by atoms with Crippen molar-refractivity contribution in [3.8, 4) is 0 Å². The van der Waals surface area contributed by atoms with Gasteiger partial charge in [-0.25, -0.2) is 4.79 Å². The van der Waals surface area contributed by atoms with E-state index in [2.05, 4.69) is 24.3 Å². The van der Waals surface area contributed by atoms with Gasteiger partial charge < -0.3 is 20.2 Å². The molecule has 5 heteroatoms. The normalized spacial score (nSPS) is 25.9. The highest BCUT2D eigenvalue weighted by Crippen LogP contribution is 2.28. The van der Waals surface area contributed by atoms with Crippen molar-refractivity contribution in [3.63, 3.8) is 0 Å². The minimum Gasteiger partial charge on any atom is -0.396 e. The van der Waals surface area contributed by atoms with Crippen molar-refractivity contribution in [3.05, 3.63) is 0 Å². The fraction of sp³-hybridized carbons (Fsp3) is 0.938. The molecule has 5 nitrogen and oxygen atoms in total. The number of rotatable bonds is 7. The Kier molecular flexibility index (Phi) is 6.30. The molecule has 0 heterocycles. The van der Waals surface area contributed by atoms with Crippen molar-refractivity contribution in [1.82, 2.24) is 15.1 Å². The maximum absolute atomic E-state index is 12.5. The summed E-state index contributed by atoms with van der Waals surface area (Å²) < 4.78 is 0. The Balaban J connectivity index is 1.80. The second-order valence-electron chi connectivity index (χ2n) is 6.79. The summed E-state index contributed by atoms with van der Waals surface area (Å²) >= 11 is 0. The van der Waals surface area contributed by atoms with Gasteiger partial charge in [-0.3, -0.25) is 0 Å². The maximum atomic E-state index is 12.5. The van der Waals surface area contributed by atoms with E-state index in [9.17, 15) is 4.79 Å². The Morgan fingerprint density at radius 3 is 2.52 bits per heavy atom. The van der Waals surface area contributed by atoms with E-state index >= 15 is 0 Å². The lowest BCUT2D eigenvalue weighted by atomic mass is 9.90. The van der Waals surface area contributed by atoms with Crippen LogP contribution in [0.5, 0.6) is 0 Å². The van der Waals surface area contributed by atoms with Crippen LogP contribution in [0.25, 0.3) is 0 Å². The summed E-state index contributed by atoms with van der Waals surface area (Å²) in [6, 6.07) is 1.46. The third kappa shape index (κ3) is 5.15. The fourth-order valence-corrected chi connectivity index (χ4v) is 3.25. The lowest BCUT2D eigenvalue weighted by Gasteiger charge is -2.35. The highest BCUT2D eigenvalue weighted by Gasteiger charge is 2.33. The first-order valence-corrected chi connectivity index (χ1v) is 8.46. The molecular formula is C16H31N3O2. The van der Waals surface area contributed by atoms with E-state index in [1.807, 2.05) is 4.90 Å². The van der Waals surface area contributed by atoms with Gasteiger partial charge in [0.05, 0.1) is 0 Å². The molecule has 2 fully saturated rings. The Hall–Kier alpha value is -0.810. The second kappa shape index (κ2) is 7.99. The van der Waals surface area contributed by atoms with E-state index < -0.39 is 0 Å². The van der Waals surface area contributed by atoms with Crippen molar-refractivity contribution in [1.29, 1.82) is 0 Å². The molecule has 0 aliphatic heterocycles. The second-order valence-corrected chi connectivity index (χ2v) is 6.79. The number of hydrogen-bond acceptors (Lipinski definition) is 3. The number of nitrogens with one attached hydrogen (secondary N) is 1. The van der Waals surface area contributed by atoms with Crippen LogP contribution in [0, 0.1) is 0 Å². The van der Waals surface area contributed by atoms with Gasteiger partial charge in [0.25, 0.3) is 0 Å². The molecule has 0 bridgehead atoms. The molecule has 2 rings (SSSR count). The van der Waals surface area contributed by atoms with Crippen LogP contribution >= 0.6 is 0 Å². The molecule has 2 aliphatic rings. The van der Waals surface area contributed by atoms with Crippen LogP contribution in [0.15, 0.2) is 0 Å². The number of carbonyl (C=O) groups excluding carboxylic acids is 1. The zero-order valence-corrected chi connectivity index (χ0v) is 13.6. The molecule has 0 saturated heterocycles. The van der Waals surface area contributed by atoms with Crippen molar-refractivity contribution in [2.45, 2.75) is 69.5 Å². The lowest BCUT2D eigenvalue weighted by molar-refractivity contribution is 0.168. The first-order valence-electron chi connectivity index (χ1n) is 8.46. The molecule has 2 amide bonds. The van der Waals surface area contributed by atoms with Crippen LogP contribution in [0.3, 0.4) is 0 Å². The zero-order chi connectivity index (χ0) is 15.2. The molecule has 0 aromatic rings. The van der Waals surface area contributed by atoms with Gasteiger partial charge in [0.2, 0.25) is 0 Å². The third-order valence-electron chi connectivity index (χ3n) is 4.76. The summed E-state index contributed by atoms with van der Waals surface area (Å²) in [5, 5.41) is 12.1. The fourth-order valence-electron chi connectivity index (χ4n) is 3.25. The number of amides is 2. The SMILES string of the molecule is CN(C)C1CCCC(NC(=O)N(CCCCO)C2CC2)C1. The number of urea groups is 1. The molecule has 2 N–H and O–H groups in total. The van der Waals surface area contributed by atoms with E-state index in [4.69, 9.17) is 5.11 Å². The summed E-state index contributed by atoms with van der Waals surface area (Å²) in [6.45, 7) is 0.994. The lowest BCUT2D eigenvalue weighted by Crippen LogP contribution is -2.49. The smallest absolute Gasteiger partial charge is 0.317 e. The van der Waals surface area contributed by atoms with Crippen LogP contribution in [0.1, 0.15) is 51.4 Å². The Labute approximate surface area is 128 Å². The minimum absolute atomic E-state index is 0.111. The number of aliphatic hydroxyl groups is 1. The highest BCUT2D eigenvalue weighted by atomic mass is 16.3. The molecule has 0 aromatic heterocycles. The largest absolute Gasteiger partial charge is 0.396 e. The summed E-state index contributed by atoms with van der Waals surface area (Å²) in [5.74, 6) is 0. The molecule has 2 atom stereocenters. The highest BCUT2D eigenvalue weighted by molar-refractivity contribution is 5.75. The van der Waals surface area contributed by atoms with E-state index in [-0.39, 0.29) is 12.6 Å². The molecular weight excluding hydrogens is 266 g/mol. The zero-order valence-electron chi connectivity index (χ0n) is 13.6. The van der Waals surface area contributed by atoms with Gasteiger partial charge >= 0.3 is 6.03 Å². The van der Waals surface area contributed by atoms with Gasteiger partial charge in [0.15, 0.2) is 0 Å². The molecule has 0 aromatic carbocycles. The number of hydrogen-bond donors (Lipinski definition) is 2. The summed E-state index contributed by atoms with van der Waals surface area (Å²) in [7, 11) is 4.25. The quantitative estimate of drug-likeness (QED) is 0.705. The summed E-state index contributed by atoms with van der Waals surface area (Å²) in [4.78, 5) is 16.8. The molecule has 2 aliphatic carbocycles. The Bertz CT molecular complexity index is 331. The Morgan fingerprint density at radius 2 is 1.90 bits per heavy atom. The number of unbranched alkanes of at least 4 members (excludes halogenated alkanes) is 1. The molecule has 0 spiro atoms. The summed E-state index contributed by atoms with van der Waals surface area (Å²) in [6.07, 6.45) is 8.55. The van der Waals surface area contributed by atoms with Gasteiger partial charge in [0, 0.05) is 31.3 Å². The van der Waals surface area contributed by atoms with E-state index in [1.54, 1.807) is 0 Å². The summed E-state index contributed by atoms with van der Waals surface area (Å²) in [5.41, 5.74) is 0. The number of aliphatic hydroxyl groups excluding tert-OH is 1. The van der Waals surface area contributed by atoms with Gasteiger partial charge in [-0.2, -0.15) is 0 Å². The van der Waals surface area contributed by atoms with Crippen LogP contribution in [-0.4, -0.2) is 66.3 Å². The third-order valence-corrected chi connectivity index (χ3v) is 4.76. The standard InChI is InChI=1S/C16H31N3O2/c1-18(2)15-7-5-6-13(12-15)17-16(21)19(14-8-9-14)10-3-4-11-20/h13-15,20H,3-12H2,1-2H3,(H,17,21). The van der Waals surface area contributed by atoms with E-state index in [1.165, 1.54) is 12.8 Å².